The lowest BCUT2D eigenvalue weighted by Crippen LogP contribution is -2.28. The van der Waals surface area contributed by atoms with Crippen molar-refractivity contribution in [3.8, 4) is 5.75 Å². The van der Waals surface area contributed by atoms with Crippen molar-refractivity contribution in [3.05, 3.63) is 53.1 Å². The molecule has 2 aromatic carbocycles. The second-order valence-electron chi connectivity index (χ2n) is 6.86. The average Bonchev–Trinajstić information content (AvgIpc) is 2.83. The van der Waals surface area contributed by atoms with E-state index in [1.165, 1.54) is 35.6 Å². The van der Waals surface area contributed by atoms with E-state index in [0.717, 1.165) is 6.42 Å². The third-order valence-corrected chi connectivity index (χ3v) is 5.97. The minimum Gasteiger partial charge on any atom is -0.508 e. The van der Waals surface area contributed by atoms with Crippen LogP contribution in [0, 0.1) is 5.41 Å². The van der Waals surface area contributed by atoms with Crippen molar-refractivity contribution in [3.63, 3.8) is 0 Å². The third-order valence-electron chi connectivity index (χ3n) is 5.97. The van der Waals surface area contributed by atoms with Crippen molar-refractivity contribution in [2.24, 2.45) is 5.41 Å². The Hall–Kier alpha value is -1.76. The molecule has 4 rings (SSSR count). The normalized spacial score (nSPS) is 29.6. The van der Waals surface area contributed by atoms with Gasteiger partial charge in [0, 0.05) is 0 Å². The Balaban J connectivity index is 1.92. The highest BCUT2D eigenvalue weighted by atomic mass is 16.3. The Labute approximate surface area is 126 Å². The van der Waals surface area contributed by atoms with Crippen LogP contribution in [-0.4, -0.2) is 5.11 Å². The summed E-state index contributed by atoms with van der Waals surface area (Å²) in [6.45, 7) is 4.66. The van der Waals surface area contributed by atoms with Gasteiger partial charge in [-0.3, -0.25) is 0 Å². The van der Waals surface area contributed by atoms with Gasteiger partial charge in [-0.25, -0.2) is 0 Å². The first-order valence-electron chi connectivity index (χ1n) is 8.03. The zero-order valence-corrected chi connectivity index (χ0v) is 12.8. The Morgan fingerprint density at radius 3 is 2.86 bits per heavy atom. The molecule has 0 radical (unpaired) electrons. The maximum absolute atomic E-state index is 9.68. The largest absolute Gasteiger partial charge is 0.508 e. The van der Waals surface area contributed by atoms with Crippen LogP contribution in [0.15, 0.2) is 42.0 Å². The van der Waals surface area contributed by atoms with E-state index in [1.54, 1.807) is 11.1 Å². The molecule has 0 bridgehead atoms. The standard InChI is InChI=1S/C20H22O/c1-3-14-5-9-19-18-7-4-13-12-15(21)6-8-16(13)17(18)10-11-20(14,19)2/h3-4,6-8,12,19,21H,5,9-11H2,1-2H3/b14-3+/t19-,20+/m0/s1. The molecule has 0 spiro atoms. The number of fused-ring (bicyclic) bond motifs is 5. The van der Waals surface area contributed by atoms with E-state index in [-0.39, 0.29) is 0 Å². The Kier molecular flexibility index (Phi) is 2.69. The second-order valence-corrected chi connectivity index (χ2v) is 6.86. The van der Waals surface area contributed by atoms with E-state index < -0.39 is 0 Å². The van der Waals surface area contributed by atoms with Gasteiger partial charge < -0.3 is 5.11 Å². The predicted molar refractivity (Wildman–Crippen MR) is 87.8 cm³/mol. The number of aromatic hydroxyl groups is 1. The summed E-state index contributed by atoms with van der Waals surface area (Å²) < 4.78 is 0. The van der Waals surface area contributed by atoms with Gasteiger partial charge in [-0.2, -0.15) is 0 Å². The molecule has 21 heavy (non-hydrogen) atoms. The van der Waals surface area contributed by atoms with Crippen LogP contribution in [0.25, 0.3) is 10.8 Å². The van der Waals surface area contributed by atoms with Crippen LogP contribution in [0.3, 0.4) is 0 Å². The van der Waals surface area contributed by atoms with Crippen molar-refractivity contribution in [1.82, 2.24) is 0 Å². The van der Waals surface area contributed by atoms with Crippen LogP contribution in [0.5, 0.6) is 5.75 Å². The van der Waals surface area contributed by atoms with Gasteiger partial charge in [-0.05, 0) is 78.0 Å². The Morgan fingerprint density at radius 1 is 1.19 bits per heavy atom. The molecular weight excluding hydrogens is 256 g/mol. The summed E-state index contributed by atoms with van der Waals surface area (Å²) >= 11 is 0. The van der Waals surface area contributed by atoms with Gasteiger partial charge in [-0.1, -0.05) is 36.8 Å². The molecule has 2 aromatic rings. The molecule has 0 aromatic heterocycles. The fourth-order valence-corrected chi connectivity index (χ4v) is 4.82. The van der Waals surface area contributed by atoms with E-state index in [2.05, 4.69) is 38.1 Å². The smallest absolute Gasteiger partial charge is 0.116 e. The SMILES string of the molecule is C/C=C1\CC[C@H]2c3ccc4cc(O)ccc4c3CC[C@]12C. The molecule has 0 aliphatic heterocycles. The Morgan fingerprint density at radius 2 is 2.05 bits per heavy atom. The molecule has 1 saturated carbocycles. The van der Waals surface area contributed by atoms with Crippen molar-refractivity contribution >= 4 is 10.8 Å². The highest BCUT2D eigenvalue weighted by Gasteiger charge is 2.45. The number of aryl methyl sites for hydroxylation is 1. The molecule has 1 heteroatoms. The zero-order valence-electron chi connectivity index (χ0n) is 12.8. The van der Waals surface area contributed by atoms with Crippen LogP contribution in [0.2, 0.25) is 0 Å². The molecule has 2 atom stereocenters. The fourth-order valence-electron chi connectivity index (χ4n) is 4.82. The zero-order chi connectivity index (χ0) is 14.6. The quantitative estimate of drug-likeness (QED) is 0.646. The summed E-state index contributed by atoms with van der Waals surface area (Å²) in [5, 5.41) is 12.2. The minimum absolute atomic E-state index is 0.361. The maximum atomic E-state index is 9.68. The predicted octanol–water partition coefficient (Wildman–Crippen LogP) is 5.32. The summed E-state index contributed by atoms with van der Waals surface area (Å²) in [6.07, 6.45) is 7.30. The first kappa shape index (κ1) is 12.9. The highest BCUT2D eigenvalue weighted by Crippen LogP contribution is 2.58. The molecule has 0 heterocycles. The molecule has 1 fully saturated rings. The number of allylic oxidation sites excluding steroid dienone is 2. The van der Waals surface area contributed by atoms with Gasteiger partial charge in [0.15, 0.2) is 0 Å². The molecule has 1 nitrogen and oxygen atoms in total. The molecular formula is C20H22O. The van der Waals surface area contributed by atoms with Crippen molar-refractivity contribution in [2.45, 2.75) is 45.4 Å². The van der Waals surface area contributed by atoms with Gasteiger partial charge in [-0.15, -0.1) is 0 Å². The van der Waals surface area contributed by atoms with E-state index in [9.17, 15) is 5.11 Å². The lowest BCUT2D eigenvalue weighted by Gasteiger charge is -2.39. The first-order chi connectivity index (χ1) is 10.1. The monoisotopic (exact) mass is 278 g/mol. The van der Waals surface area contributed by atoms with Gasteiger partial charge in [0.1, 0.15) is 5.75 Å². The molecule has 1 N–H and O–H groups in total. The third kappa shape index (κ3) is 1.70. The van der Waals surface area contributed by atoms with Crippen LogP contribution < -0.4 is 0 Å². The summed E-state index contributed by atoms with van der Waals surface area (Å²) in [4.78, 5) is 0. The summed E-state index contributed by atoms with van der Waals surface area (Å²) in [5.74, 6) is 1.03. The second kappa shape index (κ2) is 4.37. The summed E-state index contributed by atoms with van der Waals surface area (Å²) in [6, 6.07) is 10.3. The number of phenolic OH excluding ortho intramolecular Hbond substituents is 1. The van der Waals surface area contributed by atoms with Gasteiger partial charge in [0.05, 0.1) is 0 Å². The molecule has 0 saturated heterocycles. The van der Waals surface area contributed by atoms with E-state index in [1.807, 2.05) is 12.1 Å². The van der Waals surface area contributed by atoms with Crippen LogP contribution in [0.4, 0.5) is 0 Å². The number of phenols is 1. The van der Waals surface area contributed by atoms with Crippen LogP contribution in [-0.2, 0) is 6.42 Å². The molecule has 108 valence electrons. The highest BCUT2D eigenvalue weighted by molar-refractivity contribution is 5.88. The number of hydrogen-bond donors (Lipinski definition) is 1. The number of hydrogen-bond acceptors (Lipinski definition) is 1. The molecule has 0 unspecified atom stereocenters. The van der Waals surface area contributed by atoms with Crippen LogP contribution >= 0.6 is 0 Å². The minimum atomic E-state index is 0.361. The molecule has 2 aliphatic rings. The number of benzene rings is 2. The topological polar surface area (TPSA) is 20.2 Å². The van der Waals surface area contributed by atoms with Crippen LogP contribution in [0.1, 0.15) is 50.2 Å². The first-order valence-corrected chi connectivity index (χ1v) is 8.03. The van der Waals surface area contributed by atoms with Crippen molar-refractivity contribution < 1.29 is 5.11 Å². The summed E-state index contributed by atoms with van der Waals surface area (Å²) in [5.41, 5.74) is 5.10. The summed E-state index contributed by atoms with van der Waals surface area (Å²) in [7, 11) is 0. The average molecular weight is 278 g/mol. The molecule has 2 aliphatic carbocycles. The van der Waals surface area contributed by atoms with E-state index >= 15 is 0 Å². The van der Waals surface area contributed by atoms with Crippen molar-refractivity contribution in [2.75, 3.05) is 0 Å². The van der Waals surface area contributed by atoms with E-state index in [4.69, 9.17) is 0 Å². The number of rotatable bonds is 0. The lowest BCUT2D eigenvalue weighted by atomic mass is 9.65. The van der Waals surface area contributed by atoms with Crippen molar-refractivity contribution in [1.29, 1.82) is 0 Å². The van der Waals surface area contributed by atoms with Gasteiger partial charge >= 0.3 is 0 Å². The van der Waals surface area contributed by atoms with Gasteiger partial charge in [0.2, 0.25) is 0 Å². The van der Waals surface area contributed by atoms with Gasteiger partial charge in [0.25, 0.3) is 0 Å². The maximum Gasteiger partial charge on any atom is 0.116 e. The molecule has 0 amide bonds. The fraction of sp³-hybridized carbons (Fsp3) is 0.400. The lowest BCUT2D eigenvalue weighted by molar-refractivity contribution is 0.307. The van der Waals surface area contributed by atoms with E-state index in [0.29, 0.717) is 17.1 Å². The Bertz CT molecular complexity index is 756.